The fourth-order valence-corrected chi connectivity index (χ4v) is 4.88. The van der Waals surface area contributed by atoms with Crippen LogP contribution in [0.1, 0.15) is 56.6 Å². The number of nitrogens with zero attached hydrogens (tertiary/aromatic N) is 1. The molecule has 1 fully saturated rings. The van der Waals surface area contributed by atoms with Crippen LogP contribution in [0.5, 0.6) is 0 Å². The number of rotatable bonds is 7. The number of nitrogens with one attached hydrogen (secondary N) is 1. The van der Waals surface area contributed by atoms with Crippen molar-refractivity contribution in [1.82, 2.24) is 5.32 Å². The lowest BCUT2D eigenvalue weighted by Gasteiger charge is -2.31. The number of sulfonamides is 1. The second kappa shape index (κ2) is 8.89. The number of carbonyl (C=O) groups excluding carboxylic acids is 1. The molecule has 6 heteroatoms. The normalized spacial score (nSPS) is 16.9. The lowest BCUT2D eigenvalue weighted by atomic mass is 9.89. The maximum atomic E-state index is 12.8. The smallest absolute Gasteiger partial charge is 0.243 e. The Labute approximate surface area is 158 Å². The number of carbonyl (C=O) groups is 1. The molecule has 0 bridgehead atoms. The standard InChI is InChI=1S/C20H32N2O3S/c1-5-19(20(23)21-14-17-9-7-6-8-10-17)22(26(4,24)25)18-12-11-15(2)16(3)13-18/h11-13,17,19H,5-10,14H2,1-4H3,(H,21,23). The molecule has 1 aromatic rings. The Kier molecular flexibility index (Phi) is 7.09. The van der Waals surface area contributed by atoms with E-state index in [1.54, 1.807) is 6.07 Å². The van der Waals surface area contributed by atoms with Crippen LogP contribution in [0.3, 0.4) is 0 Å². The van der Waals surface area contributed by atoms with Crippen molar-refractivity contribution < 1.29 is 13.2 Å². The summed E-state index contributed by atoms with van der Waals surface area (Å²) in [6.07, 6.45) is 7.59. The van der Waals surface area contributed by atoms with E-state index < -0.39 is 16.1 Å². The number of hydrogen-bond acceptors (Lipinski definition) is 3. The predicted octanol–water partition coefficient (Wildman–Crippen LogP) is 3.54. The Hall–Kier alpha value is -1.56. The van der Waals surface area contributed by atoms with E-state index in [0.717, 1.165) is 24.0 Å². The van der Waals surface area contributed by atoms with Gasteiger partial charge in [-0.25, -0.2) is 8.42 Å². The summed E-state index contributed by atoms with van der Waals surface area (Å²) < 4.78 is 26.2. The summed E-state index contributed by atoms with van der Waals surface area (Å²) in [5, 5.41) is 3.01. The summed E-state index contributed by atoms with van der Waals surface area (Å²) in [4.78, 5) is 12.8. The van der Waals surface area contributed by atoms with Gasteiger partial charge < -0.3 is 5.32 Å². The highest BCUT2D eigenvalue weighted by molar-refractivity contribution is 7.92. The van der Waals surface area contributed by atoms with E-state index in [1.807, 2.05) is 32.9 Å². The monoisotopic (exact) mass is 380 g/mol. The van der Waals surface area contributed by atoms with Crippen molar-refractivity contribution in [2.75, 3.05) is 17.1 Å². The van der Waals surface area contributed by atoms with Gasteiger partial charge in [-0.05, 0) is 62.3 Å². The van der Waals surface area contributed by atoms with Gasteiger partial charge in [0.2, 0.25) is 15.9 Å². The topological polar surface area (TPSA) is 66.5 Å². The molecule has 1 N–H and O–H groups in total. The second-order valence-corrected chi connectivity index (χ2v) is 9.36. The van der Waals surface area contributed by atoms with Crippen LogP contribution in [0.4, 0.5) is 5.69 Å². The maximum absolute atomic E-state index is 12.8. The molecule has 2 rings (SSSR count). The van der Waals surface area contributed by atoms with Crippen LogP contribution in [0.2, 0.25) is 0 Å². The highest BCUT2D eigenvalue weighted by Gasteiger charge is 2.31. The molecule has 0 saturated heterocycles. The average Bonchev–Trinajstić information content (AvgIpc) is 2.60. The molecule has 0 aliphatic heterocycles. The molecule has 0 aromatic heterocycles. The van der Waals surface area contributed by atoms with Crippen molar-refractivity contribution in [2.45, 2.75) is 65.3 Å². The van der Waals surface area contributed by atoms with Crippen molar-refractivity contribution in [3.05, 3.63) is 29.3 Å². The SMILES string of the molecule is CCC(C(=O)NCC1CCCCC1)N(c1ccc(C)c(C)c1)S(C)(=O)=O. The lowest BCUT2D eigenvalue weighted by molar-refractivity contribution is -0.122. The summed E-state index contributed by atoms with van der Waals surface area (Å²) in [6.45, 7) is 6.42. The van der Waals surface area contributed by atoms with Crippen molar-refractivity contribution in [3.63, 3.8) is 0 Å². The minimum Gasteiger partial charge on any atom is -0.354 e. The molecule has 146 valence electrons. The van der Waals surface area contributed by atoms with Crippen LogP contribution in [-0.4, -0.2) is 33.2 Å². The van der Waals surface area contributed by atoms with Gasteiger partial charge in [0, 0.05) is 6.54 Å². The first-order valence-electron chi connectivity index (χ1n) is 9.58. The van der Waals surface area contributed by atoms with Gasteiger partial charge in [0.25, 0.3) is 0 Å². The Bertz CT molecular complexity index is 725. The molecule has 1 atom stereocenters. The fourth-order valence-electron chi connectivity index (χ4n) is 3.68. The summed E-state index contributed by atoms with van der Waals surface area (Å²) in [6, 6.07) is 4.79. The number of hydrogen-bond donors (Lipinski definition) is 1. The molecule has 26 heavy (non-hydrogen) atoms. The van der Waals surface area contributed by atoms with Crippen LogP contribution in [0, 0.1) is 19.8 Å². The first-order valence-corrected chi connectivity index (χ1v) is 11.4. The predicted molar refractivity (Wildman–Crippen MR) is 107 cm³/mol. The molecule has 0 radical (unpaired) electrons. The first kappa shape index (κ1) is 20.7. The molecule has 1 saturated carbocycles. The van der Waals surface area contributed by atoms with Gasteiger partial charge in [0.05, 0.1) is 11.9 Å². The van der Waals surface area contributed by atoms with Crippen molar-refractivity contribution in [3.8, 4) is 0 Å². The summed E-state index contributed by atoms with van der Waals surface area (Å²) in [5.41, 5.74) is 2.65. The molecule has 0 heterocycles. The van der Waals surface area contributed by atoms with E-state index in [-0.39, 0.29) is 5.91 Å². The van der Waals surface area contributed by atoms with Crippen LogP contribution in [0.25, 0.3) is 0 Å². The molecule has 1 amide bonds. The zero-order valence-electron chi connectivity index (χ0n) is 16.4. The largest absolute Gasteiger partial charge is 0.354 e. The van der Waals surface area contributed by atoms with Crippen molar-refractivity contribution in [2.24, 2.45) is 5.92 Å². The third kappa shape index (κ3) is 5.22. The molecular formula is C20H32N2O3S. The van der Waals surface area contributed by atoms with E-state index in [1.165, 1.54) is 29.8 Å². The zero-order valence-corrected chi connectivity index (χ0v) is 17.2. The molecule has 0 spiro atoms. The van der Waals surface area contributed by atoms with E-state index in [0.29, 0.717) is 24.6 Å². The van der Waals surface area contributed by atoms with Crippen molar-refractivity contribution >= 4 is 21.6 Å². The first-order chi connectivity index (χ1) is 12.2. The second-order valence-electron chi connectivity index (χ2n) is 7.50. The van der Waals surface area contributed by atoms with Gasteiger partial charge in [0.15, 0.2) is 0 Å². The highest BCUT2D eigenvalue weighted by Crippen LogP contribution is 2.26. The van der Waals surface area contributed by atoms with Crippen LogP contribution in [-0.2, 0) is 14.8 Å². The van der Waals surface area contributed by atoms with E-state index in [2.05, 4.69) is 5.32 Å². The van der Waals surface area contributed by atoms with Gasteiger partial charge >= 0.3 is 0 Å². The molecular weight excluding hydrogens is 348 g/mol. The fraction of sp³-hybridized carbons (Fsp3) is 0.650. The minimum absolute atomic E-state index is 0.207. The number of amides is 1. The van der Waals surface area contributed by atoms with Gasteiger partial charge in [0.1, 0.15) is 6.04 Å². The van der Waals surface area contributed by atoms with Crippen LogP contribution in [0.15, 0.2) is 18.2 Å². The number of aryl methyl sites for hydroxylation is 2. The molecule has 1 aliphatic rings. The van der Waals surface area contributed by atoms with Gasteiger partial charge in [-0.15, -0.1) is 0 Å². The van der Waals surface area contributed by atoms with Crippen molar-refractivity contribution in [1.29, 1.82) is 0 Å². The zero-order chi connectivity index (χ0) is 19.3. The highest BCUT2D eigenvalue weighted by atomic mass is 32.2. The van der Waals surface area contributed by atoms with E-state index >= 15 is 0 Å². The van der Waals surface area contributed by atoms with Gasteiger partial charge in [-0.2, -0.15) is 0 Å². The Balaban J connectivity index is 2.20. The molecule has 1 aliphatic carbocycles. The quantitative estimate of drug-likeness (QED) is 0.787. The summed E-state index contributed by atoms with van der Waals surface area (Å²) in [7, 11) is -3.57. The summed E-state index contributed by atoms with van der Waals surface area (Å²) in [5.74, 6) is 0.306. The molecule has 5 nitrogen and oxygen atoms in total. The molecule has 1 aromatic carbocycles. The summed E-state index contributed by atoms with van der Waals surface area (Å²) >= 11 is 0. The Morgan fingerprint density at radius 1 is 1.19 bits per heavy atom. The van der Waals surface area contributed by atoms with Crippen LogP contribution >= 0.6 is 0 Å². The number of benzene rings is 1. The van der Waals surface area contributed by atoms with Crippen LogP contribution < -0.4 is 9.62 Å². The Morgan fingerprint density at radius 2 is 1.85 bits per heavy atom. The van der Waals surface area contributed by atoms with Gasteiger partial charge in [-0.1, -0.05) is 32.3 Å². The third-order valence-corrected chi connectivity index (χ3v) is 6.54. The Morgan fingerprint density at radius 3 is 2.38 bits per heavy atom. The van der Waals surface area contributed by atoms with E-state index in [4.69, 9.17) is 0 Å². The average molecular weight is 381 g/mol. The number of anilines is 1. The van der Waals surface area contributed by atoms with E-state index in [9.17, 15) is 13.2 Å². The lowest BCUT2D eigenvalue weighted by Crippen LogP contribution is -2.50. The maximum Gasteiger partial charge on any atom is 0.243 e. The molecule has 1 unspecified atom stereocenters. The third-order valence-electron chi connectivity index (χ3n) is 5.36. The minimum atomic E-state index is -3.57. The van der Waals surface area contributed by atoms with Gasteiger partial charge in [-0.3, -0.25) is 9.10 Å².